The topological polar surface area (TPSA) is 37.0 Å². The molecule has 2 N–H and O–H groups in total. The summed E-state index contributed by atoms with van der Waals surface area (Å²) >= 11 is 0. The number of aromatic nitrogens is 1. The van der Waals surface area contributed by atoms with Crippen LogP contribution in [0.2, 0.25) is 0 Å². The second kappa shape index (κ2) is 6.61. The van der Waals surface area contributed by atoms with Crippen LogP contribution in [-0.4, -0.2) is 11.5 Å². The number of hydrogen-bond acceptors (Lipinski definition) is 3. The first-order valence-corrected chi connectivity index (χ1v) is 7.94. The fraction of sp³-hybridized carbons (Fsp3) is 0.389. The Hall–Kier alpha value is -2.03. The summed E-state index contributed by atoms with van der Waals surface area (Å²) < 4.78 is 0. The molecule has 0 radical (unpaired) electrons. The van der Waals surface area contributed by atoms with Crippen molar-refractivity contribution in [1.82, 2.24) is 4.98 Å². The Morgan fingerprint density at radius 2 is 2.05 bits per heavy atom. The van der Waals surface area contributed by atoms with Gasteiger partial charge < -0.3 is 10.6 Å². The summed E-state index contributed by atoms with van der Waals surface area (Å²) in [6.45, 7) is 3.11. The van der Waals surface area contributed by atoms with Crippen LogP contribution in [0.15, 0.2) is 36.5 Å². The number of fused-ring (bicyclic) bond motifs is 1. The monoisotopic (exact) mass is 281 g/mol. The third-order valence-corrected chi connectivity index (χ3v) is 3.99. The summed E-state index contributed by atoms with van der Waals surface area (Å²) in [6.07, 6.45) is 7.97. The van der Waals surface area contributed by atoms with E-state index in [0.717, 1.165) is 24.5 Å². The summed E-state index contributed by atoms with van der Waals surface area (Å²) in [4.78, 5) is 4.35. The lowest BCUT2D eigenvalue weighted by atomic mass is 9.90. The van der Waals surface area contributed by atoms with Crippen molar-refractivity contribution in [2.75, 3.05) is 17.2 Å². The minimum Gasteiger partial charge on any atom is -0.370 e. The molecular formula is C18H23N3. The van der Waals surface area contributed by atoms with Gasteiger partial charge in [-0.1, -0.05) is 19.1 Å². The van der Waals surface area contributed by atoms with Gasteiger partial charge in [-0.25, -0.2) is 4.98 Å². The molecule has 1 aliphatic carbocycles. The number of pyridine rings is 1. The predicted octanol–water partition coefficient (Wildman–Crippen LogP) is 4.53. The first-order chi connectivity index (χ1) is 10.4. The van der Waals surface area contributed by atoms with Gasteiger partial charge in [0, 0.05) is 30.2 Å². The molecule has 1 aromatic heterocycles. The maximum Gasteiger partial charge on any atom is 0.127 e. The van der Waals surface area contributed by atoms with Gasteiger partial charge in [-0.3, -0.25) is 0 Å². The summed E-state index contributed by atoms with van der Waals surface area (Å²) in [6, 6.07) is 10.7. The minimum absolute atomic E-state index is 0.937. The second-order valence-electron chi connectivity index (χ2n) is 5.63. The van der Waals surface area contributed by atoms with Gasteiger partial charge in [0.15, 0.2) is 0 Å². The number of aryl methyl sites for hydroxylation is 1. The molecule has 0 amide bonds. The van der Waals surface area contributed by atoms with E-state index in [1.807, 2.05) is 12.3 Å². The molecule has 0 atom stereocenters. The van der Waals surface area contributed by atoms with Crippen molar-refractivity contribution in [3.05, 3.63) is 47.7 Å². The lowest BCUT2D eigenvalue weighted by molar-refractivity contribution is 0.687. The molecule has 3 heteroatoms. The van der Waals surface area contributed by atoms with Crippen LogP contribution in [0, 0.1) is 0 Å². The van der Waals surface area contributed by atoms with E-state index in [2.05, 4.69) is 46.8 Å². The molecule has 1 aromatic carbocycles. The highest BCUT2D eigenvalue weighted by Crippen LogP contribution is 2.30. The Kier molecular flexibility index (Phi) is 4.39. The third kappa shape index (κ3) is 3.35. The zero-order valence-corrected chi connectivity index (χ0v) is 12.7. The third-order valence-electron chi connectivity index (χ3n) is 3.99. The standard InChI is InChI=1S/C18H23N3/c1-2-11-19-18-13-15(10-12-20-18)21-17-9-5-7-14-6-3-4-8-16(14)17/h5,7,9-10,12-13H,2-4,6,8,11H2,1H3,(H2,19,20,21). The van der Waals surface area contributed by atoms with Crippen molar-refractivity contribution in [3.63, 3.8) is 0 Å². The van der Waals surface area contributed by atoms with E-state index < -0.39 is 0 Å². The van der Waals surface area contributed by atoms with Crippen molar-refractivity contribution in [3.8, 4) is 0 Å². The number of nitrogens with zero attached hydrogens (tertiary/aromatic N) is 1. The van der Waals surface area contributed by atoms with Gasteiger partial charge in [0.05, 0.1) is 0 Å². The van der Waals surface area contributed by atoms with Crippen molar-refractivity contribution in [1.29, 1.82) is 0 Å². The van der Waals surface area contributed by atoms with Gasteiger partial charge in [0.2, 0.25) is 0 Å². The molecule has 2 aromatic rings. The van der Waals surface area contributed by atoms with Crippen molar-refractivity contribution < 1.29 is 0 Å². The first kappa shape index (κ1) is 13.9. The summed E-state index contributed by atoms with van der Waals surface area (Å²) in [5, 5.41) is 6.90. The van der Waals surface area contributed by atoms with Gasteiger partial charge in [-0.15, -0.1) is 0 Å². The van der Waals surface area contributed by atoms with Crippen LogP contribution in [-0.2, 0) is 12.8 Å². The highest BCUT2D eigenvalue weighted by molar-refractivity contribution is 5.66. The summed E-state index contributed by atoms with van der Waals surface area (Å²) in [7, 11) is 0. The highest BCUT2D eigenvalue weighted by atomic mass is 15.0. The molecule has 21 heavy (non-hydrogen) atoms. The number of hydrogen-bond donors (Lipinski definition) is 2. The van der Waals surface area contributed by atoms with Crippen LogP contribution in [0.25, 0.3) is 0 Å². The van der Waals surface area contributed by atoms with Crippen molar-refractivity contribution in [2.24, 2.45) is 0 Å². The smallest absolute Gasteiger partial charge is 0.127 e. The summed E-state index contributed by atoms with van der Waals surface area (Å²) in [5.41, 5.74) is 5.34. The van der Waals surface area contributed by atoms with Crippen LogP contribution in [0.1, 0.15) is 37.3 Å². The zero-order valence-electron chi connectivity index (χ0n) is 12.7. The van der Waals surface area contributed by atoms with E-state index in [1.54, 1.807) is 0 Å². The molecule has 0 unspecified atom stereocenters. The van der Waals surface area contributed by atoms with Crippen LogP contribution < -0.4 is 10.6 Å². The molecule has 0 saturated carbocycles. The normalized spacial score (nSPS) is 13.6. The first-order valence-electron chi connectivity index (χ1n) is 7.94. The molecule has 0 spiro atoms. The summed E-state index contributed by atoms with van der Waals surface area (Å²) in [5.74, 6) is 0.937. The molecule has 0 fully saturated rings. The fourth-order valence-electron chi connectivity index (χ4n) is 2.91. The van der Waals surface area contributed by atoms with E-state index in [9.17, 15) is 0 Å². The van der Waals surface area contributed by atoms with Crippen LogP contribution in [0.3, 0.4) is 0 Å². The molecule has 3 rings (SSSR count). The van der Waals surface area contributed by atoms with Gasteiger partial charge in [-0.05, 0) is 55.4 Å². The second-order valence-corrected chi connectivity index (χ2v) is 5.63. The Labute approximate surface area is 126 Å². The fourth-order valence-corrected chi connectivity index (χ4v) is 2.91. The molecule has 1 aliphatic rings. The van der Waals surface area contributed by atoms with E-state index in [1.165, 1.54) is 42.5 Å². The average Bonchev–Trinajstić information content (AvgIpc) is 2.54. The quantitative estimate of drug-likeness (QED) is 0.845. The Morgan fingerprint density at radius 3 is 2.95 bits per heavy atom. The SMILES string of the molecule is CCCNc1cc(Nc2cccc3c2CCCC3)ccn1. The largest absolute Gasteiger partial charge is 0.370 e. The number of rotatable bonds is 5. The van der Waals surface area contributed by atoms with E-state index in [0.29, 0.717) is 0 Å². The maximum atomic E-state index is 4.35. The Balaban J connectivity index is 1.80. The maximum absolute atomic E-state index is 4.35. The van der Waals surface area contributed by atoms with E-state index in [4.69, 9.17) is 0 Å². The number of benzene rings is 1. The van der Waals surface area contributed by atoms with E-state index in [-0.39, 0.29) is 0 Å². The van der Waals surface area contributed by atoms with Crippen molar-refractivity contribution >= 4 is 17.2 Å². The Bertz CT molecular complexity index is 607. The molecule has 0 bridgehead atoms. The zero-order chi connectivity index (χ0) is 14.5. The van der Waals surface area contributed by atoms with Crippen LogP contribution >= 0.6 is 0 Å². The highest BCUT2D eigenvalue weighted by Gasteiger charge is 2.12. The molecule has 0 aliphatic heterocycles. The van der Waals surface area contributed by atoms with E-state index >= 15 is 0 Å². The minimum atomic E-state index is 0.937. The molecular weight excluding hydrogens is 258 g/mol. The van der Waals surface area contributed by atoms with Gasteiger partial charge in [-0.2, -0.15) is 0 Å². The lowest BCUT2D eigenvalue weighted by Gasteiger charge is -2.20. The van der Waals surface area contributed by atoms with Gasteiger partial charge in [0.25, 0.3) is 0 Å². The lowest BCUT2D eigenvalue weighted by Crippen LogP contribution is -2.06. The van der Waals surface area contributed by atoms with Crippen LogP contribution in [0.4, 0.5) is 17.2 Å². The number of anilines is 3. The van der Waals surface area contributed by atoms with Gasteiger partial charge in [0.1, 0.15) is 5.82 Å². The average molecular weight is 281 g/mol. The predicted molar refractivity (Wildman–Crippen MR) is 89.4 cm³/mol. The Morgan fingerprint density at radius 1 is 1.14 bits per heavy atom. The molecule has 3 nitrogen and oxygen atoms in total. The number of nitrogens with one attached hydrogen (secondary N) is 2. The molecule has 110 valence electrons. The molecule has 0 saturated heterocycles. The van der Waals surface area contributed by atoms with Crippen LogP contribution in [0.5, 0.6) is 0 Å². The molecule has 1 heterocycles. The van der Waals surface area contributed by atoms with Gasteiger partial charge >= 0.3 is 0 Å². The van der Waals surface area contributed by atoms with Crippen molar-refractivity contribution in [2.45, 2.75) is 39.0 Å².